The van der Waals surface area contributed by atoms with Crippen LogP contribution in [-0.4, -0.2) is 31.2 Å². The Morgan fingerprint density at radius 2 is 1.75 bits per heavy atom. The zero-order valence-electron chi connectivity index (χ0n) is 17.6. The summed E-state index contributed by atoms with van der Waals surface area (Å²) in [6.45, 7) is 2.19. The van der Waals surface area contributed by atoms with Crippen molar-refractivity contribution in [3.05, 3.63) is 88.9 Å². The van der Waals surface area contributed by atoms with Crippen LogP contribution in [0.5, 0.6) is 0 Å². The lowest BCUT2D eigenvalue weighted by atomic mass is 10.0. The quantitative estimate of drug-likeness (QED) is 0.434. The fourth-order valence-electron chi connectivity index (χ4n) is 3.25. The SMILES string of the molecule is CNS(=O)(=O)c1ccc(CNC(=O)c2cn(-c3ccccc3)nc2-c2ccccc2C)s1. The minimum Gasteiger partial charge on any atom is -0.347 e. The molecule has 0 saturated heterocycles. The monoisotopic (exact) mass is 466 g/mol. The minimum absolute atomic E-state index is 0.210. The number of thiophene rings is 1. The number of aryl methyl sites for hydroxylation is 1. The van der Waals surface area contributed by atoms with Crippen molar-refractivity contribution in [3.63, 3.8) is 0 Å². The molecule has 0 radical (unpaired) electrons. The zero-order valence-corrected chi connectivity index (χ0v) is 19.2. The van der Waals surface area contributed by atoms with Gasteiger partial charge in [0.1, 0.15) is 9.90 Å². The summed E-state index contributed by atoms with van der Waals surface area (Å²) in [4.78, 5) is 13.9. The molecule has 1 amide bonds. The van der Waals surface area contributed by atoms with Gasteiger partial charge in [-0.1, -0.05) is 42.5 Å². The van der Waals surface area contributed by atoms with E-state index in [2.05, 4.69) is 10.0 Å². The predicted octanol–water partition coefficient (Wildman–Crippen LogP) is 3.75. The van der Waals surface area contributed by atoms with E-state index in [0.29, 0.717) is 11.3 Å². The Bertz CT molecular complexity index is 1360. The van der Waals surface area contributed by atoms with Crippen LogP contribution in [0.4, 0.5) is 0 Å². The van der Waals surface area contributed by atoms with Gasteiger partial charge in [-0.2, -0.15) is 5.10 Å². The smallest absolute Gasteiger partial charge is 0.255 e. The number of para-hydroxylation sites is 1. The fourth-order valence-corrected chi connectivity index (χ4v) is 5.38. The Kier molecular flexibility index (Phi) is 6.22. The van der Waals surface area contributed by atoms with Gasteiger partial charge in [0.05, 0.1) is 17.8 Å². The molecule has 164 valence electrons. The van der Waals surface area contributed by atoms with Crippen LogP contribution in [0.2, 0.25) is 0 Å². The third kappa shape index (κ3) is 4.50. The highest BCUT2D eigenvalue weighted by Gasteiger charge is 2.20. The summed E-state index contributed by atoms with van der Waals surface area (Å²) in [7, 11) is -2.13. The van der Waals surface area contributed by atoms with Gasteiger partial charge < -0.3 is 5.32 Å². The number of amides is 1. The maximum atomic E-state index is 13.1. The van der Waals surface area contributed by atoms with Crippen LogP contribution >= 0.6 is 11.3 Å². The maximum Gasteiger partial charge on any atom is 0.255 e. The average Bonchev–Trinajstić information content (AvgIpc) is 3.47. The normalized spacial score (nSPS) is 11.4. The van der Waals surface area contributed by atoms with Gasteiger partial charge >= 0.3 is 0 Å². The van der Waals surface area contributed by atoms with Crippen molar-refractivity contribution in [2.75, 3.05) is 7.05 Å². The van der Waals surface area contributed by atoms with E-state index < -0.39 is 10.0 Å². The van der Waals surface area contributed by atoms with Crippen LogP contribution in [0.25, 0.3) is 16.9 Å². The first-order valence-electron chi connectivity index (χ1n) is 9.90. The summed E-state index contributed by atoms with van der Waals surface area (Å²) in [6.07, 6.45) is 1.72. The van der Waals surface area contributed by atoms with Crippen molar-refractivity contribution >= 4 is 27.3 Å². The number of aromatic nitrogens is 2. The first-order valence-corrected chi connectivity index (χ1v) is 12.2. The van der Waals surface area contributed by atoms with E-state index in [1.54, 1.807) is 16.9 Å². The molecule has 7 nitrogen and oxygen atoms in total. The molecule has 0 spiro atoms. The van der Waals surface area contributed by atoms with Gasteiger partial charge in [0.15, 0.2) is 0 Å². The summed E-state index contributed by atoms with van der Waals surface area (Å²) in [5.74, 6) is -0.281. The summed E-state index contributed by atoms with van der Waals surface area (Å²) >= 11 is 1.12. The highest BCUT2D eigenvalue weighted by molar-refractivity contribution is 7.91. The van der Waals surface area contributed by atoms with E-state index >= 15 is 0 Å². The molecule has 2 N–H and O–H groups in total. The number of carbonyl (C=O) groups excluding carboxylic acids is 1. The van der Waals surface area contributed by atoms with Gasteiger partial charge in [0.25, 0.3) is 5.91 Å². The lowest BCUT2D eigenvalue weighted by Gasteiger charge is -2.06. The Morgan fingerprint density at radius 1 is 1.03 bits per heavy atom. The van der Waals surface area contributed by atoms with E-state index in [9.17, 15) is 13.2 Å². The first-order chi connectivity index (χ1) is 15.4. The molecule has 32 heavy (non-hydrogen) atoms. The molecule has 0 atom stereocenters. The Balaban J connectivity index is 1.64. The topological polar surface area (TPSA) is 93.1 Å². The molecule has 0 fully saturated rings. The van der Waals surface area contributed by atoms with Gasteiger partial charge in [-0.25, -0.2) is 17.8 Å². The molecule has 0 unspecified atom stereocenters. The van der Waals surface area contributed by atoms with Crippen molar-refractivity contribution in [2.45, 2.75) is 17.7 Å². The second-order valence-corrected chi connectivity index (χ2v) is 10.4. The fraction of sp³-hybridized carbons (Fsp3) is 0.130. The largest absolute Gasteiger partial charge is 0.347 e. The molecule has 2 aromatic carbocycles. The van der Waals surface area contributed by atoms with Gasteiger partial charge in [-0.3, -0.25) is 4.79 Å². The molecule has 0 aliphatic rings. The van der Waals surface area contributed by atoms with Gasteiger partial charge in [0.2, 0.25) is 10.0 Å². The number of sulfonamides is 1. The van der Waals surface area contributed by atoms with E-state index in [1.165, 1.54) is 13.1 Å². The number of nitrogens with one attached hydrogen (secondary N) is 2. The van der Waals surface area contributed by atoms with Crippen LogP contribution in [0.15, 0.2) is 77.1 Å². The minimum atomic E-state index is -3.50. The molecule has 0 saturated carbocycles. The van der Waals surface area contributed by atoms with Crippen LogP contribution in [0, 0.1) is 6.92 Å². The highest BCUT2D eigenvalue weighted by atomic mass is 32.2. The third-order valence-electron chi connectivity index (χ3n) is 4.97. The summed E-state index contributed by atoms with van der Waals surface area (Å²) in [5, 5.41) is 7.60. The van der Waals surface area contributed by atoms with Gasteiger partial charge in [0, 0.05) is 16.6 Å². The van der Waals surface area contributed by atoms with Crippen LogP contribution in [-0.2, 0) is 16.6 Å². The Morgan fingerprint density at radius 3 is 2.47 bits per heavy atom. The second kappa shape index (κ2) is 9.07. The molecule has 2 heterocycles. The number of carbonyl (C=O) groups is 1. The maximum absolute atomic E-state index is 13.1. The Hall–Kier alpha value is -3.27. The zero-order chi connectivity index (χ0) is 22.7. The molecular formula is C23H22N4O3S2. The molecule has 9 heteroatoms. The van der Waals surface area contributed by atoms with E-state index in [0.717, 1.165) is 33.0 Å². The Labute approximate surface area is 190 Å². The van der Waals surface area contributed by atoms with Crippen molar-refractivity contribution in [3.8, 4) is 16.9 Å². The number of benzene rings is 2. The first kappa shape index (κ1) is 21.9. The lowest BCUT2D eigenvalue weighted by molar-refractivity contribution is 0.0952. The van der Waals surface area contributed by atoms with Crippen molar-refractivity contribution in [1.82, 2.24) is 19.8 Å². The average molecular weight is 467 g/mol. The molecule has 2 aromatic heterocycles. The molecule has 0 aliphatic carbocycles. The third-order valence-corrected chi connectivity index (χ3v) is 7.96. The van der Waals surface area contributed by atoms with E-state index in [-0.39, 0.29) is 16.7 Å². The lowest BCUT2D eigenvalue weighted by Crippen LogP contribution is -2.22. The predicted molar refractivity (Wildman–Crippen MR) is 125 cm³/mol. The number of rotatable bonds is 7. The number of hydrogen-bond acceptors (Lipinski definition) is 5. The molecular weight excluding hydrogens is 444 g/mol. The highest BCUT2D eigenvalue weighted by Crippen LogP contribution is 2.27. The van der Waals surface area contributed by atoms with E-state index in [4.69, 9.17) is 5.10 Å². The molecule has 0 aliphatic heterocycles. The molecule has 4 rings (SSSR count). The van der Waals surface area contributed by atoms with Crippen molar-refractivity contribution in [1.29, 1.82) is 0 Å². The molecule has 4 aromatic rings. The van der Waals surface area contributed by atoms with Crippen LogP contribution in [0.3, 0.4) is 0 Å². The second-order valence-electron chi connectivity index (χ2n) is 7.10. The van der Waals surface area contributed by atoms with Crippen molar-refractivity contribution < 1.29 is 13.2 Å². The molecule has 0 bridgehead atoms. The van der Waals surface area contributed by atoms with Crippen LogP contribution < -0.4 is 10.0 Å². The van der Waals surface area contributed by atoms with Crippen LogP contribution in [0.1, 0.15) is 20.8 Å². The van der Waals surface area contributed by atoms with Gasteiger partial charge in [-0.05, 0) is 43.8 Å². The van der Waals surface area contributed by atoms with E-state index in [1.807, 2.05) is 61.5 Å². The van der Waals surface area contributed by atoms with Crippen molar-refractivity contribution in [2.24, 2.45) is 0 Å². The number of nitrogens with zero attached hydrogens (tertiary/aromatic N) is 2. The summed E-state index contributed by atoms with van der Waals surface area (Å²) in [5.41, 5.74) is 3.78. The standard InChI is InChI=1S/C23H22N4O3S2/c1-16-8-6-7-11-19(16)22-20(15-27(26-22)17-9-4-3-5-10-17)23(28)25-14-18-12-13-21(31-18)32(29,30)24-2/h3-13,15,24H,14H2,1-2H3,(H,25,28). The number of hydrogen-bond donors (Lipinski definition) is 2. The summed E-state index contributed by atoms with van der Waals surface area (Å²) < 4.78 is 28.1. The summed E-state index contributed by atoms with van der Waals surface area (Å²) in [6, 6.07) is 20.6. The van der Waals surface area contributed by atoms with Gasteiger partial charge in [-0.15, -0.1) is 11.3 Å².